The Bertz CT molecular complexity index is 2710. The van der Waals surface area contributed by atoms with Crippen LogP contribution in [0.3, 0.4) is 0 Å². The smallest absolute Gasteiger partial charge is 0.423 e. The van der Waals surface area contributed by atoms with Crippen molar-refractivity contribution in [1.29, 1.82) is 0 Å². The van der Waals surface area contributed by atoms with Gasteiger partial charge in [-0.25, -0.2) is 19.9 Å². The van der Waals surface area contributed by atoms with Gasteiger partial charge in [-0.1, -0.05) is 54.6 Å². The summed E-state index contributed by atoms with van der Waals surface area (Å²) in [5.74, 6) is -0.664. The Morgan fingerprint density at radius 3 is 1.61 bits per heavy atom. The number of rotatable bonds is 11. The molecule has 7 aromatic rings. The van der Waals surface area contributed by atoms with Crippen molar-refractivity contribution in [3.8, 4) is 11.5 Å². The number of aryl methyl sites for hydroxylation is 2. The van der Waals surface area contributed by atoms with Gasteiger partial charge in [-0.15, -0.1) is 35.8 Å². The maximum absolute atomic E-state index is 12.8. The van der Waals surface area contributed by atoms with Crippen LogP contribution in [0.4, 0.5) is 37.7 Å². The maximum atomic E-state index is 12.8. The van der Waals surface area contributed by atoms with E-state index in [9.17, 15) is 41.1 Å². The largest absolute Gasteiger partial charge is 0.573 e. The molecular formula is C39H32F6N8O6. The van der Waals surface area contributed by atoms with Crippen LogP contribution in [0.1, 0.15) is 28.1 Å². The van der Waals surface area contributed by atoms with Crippen molar-refractivity contribution in [2.24, 2.45) is 0 Å². The van der Waals surface area contributed by atoms with Crippen LogP contribution in [0, 0.1) is 13.8 Å². The Kier molecular flexibility index (Phi) is 12.2. The molecule has 0 radical (unpaired) electrons. The highest BCUT2D eigenvalue weighted by molar-refractivity contribution is 5.91. The van der Waals surface area contributed by atoms with E-state index in [1.165, 1.54) is 55.1 Å². The molecule has 3 aromatic carbocycles. The zero-order valence-corrected chi connectivity index (χ0v) is 30.9. The van der Waals surface area contributed by atoms with Gasteiger partial charge >= 0.3 is 12.7 Å². The zero-order chi connectivity index (χ0) is 42.3. The fourth-order valence-corrected chi connectivity index (χ4v) is 5.80. The maximum Gasteiger partial charge on any atom is 0.573 e. The number of ether oxygens (including phenoxy) is 2. The number of benzene rings is 3. The molecule has 0 atom stereocenters. The highest BCUT2D eigenvalue weighted by Crippen LogP contribution is 2.27. The van der Waals surface area contributed by atoms with Gasteiger partial charge in [0, 0.05) is 25.2 Å². The Hall–Kier alpha value is -7.38. The van der Waals surface area contributed by atoms with E-state index in [4.69, 9.17) is 4.84 Å². The van der Waals surface area contributed by atoms with E-state index in [0.717, 1.165) is 16.4 Å². The standard InChI is InChI=1S/C23H19F3N4O3.C16H13F3N4O3/c1-15-21-19(27-12-17-8-5-9-18(10-17)33-23(24,25)26)11-20(31)30(22(21)29-14-28-15)32-13-16-6-3-2-4-7-16;1-9-14-12(6-13(24)23(25)15(14)22-8-21-9)20-7-10-3-2-4-11(5-10)26-16(17,18)19/h2-11,14,27H,12-13H2,1H3;2-6,8,20,25H,7H2,1H3. The lowest BCUT2D eigenvalue weighted by atomic mass is 10.2. The summed E-state index contributed by atoms with van der Waals surface area (Å²) in [5.41, 5.74) is 3.00. The molecule has 0 aliphatic rings. The predicted molar refractivity (Wildman–Crippen MR) is 202 cm³/mol. The first kappa shape index (κ1) is 41.3. The average Bonchev–Trinajstić information content (AvgIpc) is 3.17. The summed E-state index contributed by atoms with van der Waals surface area (Å²) in [7, 11) is 0. The molecule has 59 heavy (non-hydrogen) atoms. The highest BCUT2D eigenvalue weighted by atomic mass is 19.4. The second-order valence-corrected chi connectivity index (χ2v) is 12.6. The van der Waals surface area contributed by atoms with Crippen LogP contribution < -0.4 is 36.1 Å². The number of alkyl halides is 6. The third-order valence-corrected chi connectivity index (χ3v) is 8.34. The minimum Gasteiger partial charge on any atom is -0.423 e. The molecule has 14 nitrogen and oxygen atoms in total. The van der Waals surface area contributed by atoms with Crippen molar-refractivity contribution < 1.29 is 45.9 Å². The minimum absolute atomic E-state index is 0.0293. The molecule has 4 heterocycles. The van der Waals surface area contributed by atoms with Crippen LogP contribution in [0.25, 0.3) is 22.1 Å². The van der Waals surface area contributed by atoms with Crippen molar-refractivity contribution in [2.75, 3.05) is 10.6 Å². The summed E-state index contributed by atoms with van der Waals surface area (Å²) in [6.45, 7) is 3.87. The van der Waals surface area contributed by atoms with E-state index in [1.807, 2.05) is 30.3 Å². The monoisotopic (exact) mass is 822 g/mol. The average molecular weight is 823 g/mol. The Morgan fingerprint density at radius 1 is 0.610 bits per heavy atom. The number of hydrogen-bond acceptors (Lipinski definition) is 12. The van der Waals surface area contributed by atoms with Crippen LogP contribution in [0.2, 0.25) is 0 Å². The number of nitrogens with one attached hydrogen (secondary N) is 2. The van der Waals surface area contributed by atoms with Crippen LogP contribution in [0.5, 0.6) is 11.5 Å². The number of anilines is 2. The van der Waals surface area contributed by atoms with Crippen molar-refractivity contribution in [3.63, 3.8) is 0 Å². The summed E-state index contributed by atoms with van der Waals surface area (Å²) in [5, 5.41) is 16.8. The van der Waals surface area contributed by atoms with Crippen LogP contribution in [-0.4, -0.2) is 47.3 Å². The van der Waals surface area contributed by atoms with Gasteiger partial charge in [0.2, 0.25) is 0 Å². The van der Waals surface area contributed by atoms with Crippen LogP contribution in [-0.2, 0) is 19.7 Å². The second kappa shape index (κ2) is 17.4. The number of nitrogens with zero attached hydrogens (tertiary/aromatic N) is 6. The molecule has 0 fully saturated rings. The lowest BCUT2D eigenvalue weighted by Crippen LogP contribution is -2.28. The number of aromatic nitrogens is 6. The molecule has 3 N–H and O–H groups in total. The van der Waals surface area contributed by atoms with E-state index in [-0.39, 0.29) is 42.5 Å². The summed E-state index contributed by atoms with van der Waals surface area (Å²) < 4.78 is 83.8. The second-order valence-electron chi connectivity index (χ2n) is 12.6. The molecule has 0 aliphatic heterocycles. The number of fused-ring (bicyclic) bond motifs is 2. The van der Waals surface area contributed by atoms with Gasteiger partial charge in [-0.05, 0) is 54.8 Å². The fraction of sp³-hybridized carbons (Fsp3) is 0.179. The summed E-state index contributed by atoms with van der Waals surface area (Å²) in [6, 6.07) is 22.9. The lowest BCUT2D eigenvalue weighted by molar-refractivity contribution is -0.275. The fourth-order valence-electron chi connectivity index (χ4n) is 5.80. The van der Waals surface area contributed by atoms with E-state index in [1.54, 1.807) is 26.0 Å². The minimum atomic E-state index is -4.78. The molecule has 20 heteroatoms. The van der Waals surface area contributed by atoms with Gasteiger partial charge in [0.1, 0.15) is 30.8 Å². The van der Waals surface area contributed by atoms with Gasteiger partial charge in [-0.3, -0.25) is 9.59 Å². The first-order chi connectivity index (χ1) is 28.0. The van der Waals surface area contributed by atoms with Gasteiger partial charge in [0.15, 0.2) is 11.3 Å². The van der Waals surface area contributed by atoms with E-state index in [2.05, 4.69) is 40.0 Å². The number of hydrogen-bond donors (Lipinski definition) is 3. The lowest BCUT2D eigenvalue weighted by Gasteiger charge is -2.16. The molecule has 0 spiro atoms. The van der Waals surface area contributed by atoms with Gasteiger partial charge < -0.3 is 30.2 Å². The van der Waals surface area contributed by atoms with Crippen molar-refractivity contribution in [2.45, 2.75) is 46.3 Å². The van der Waals surface area contributed by atoms with E-state index >= 15 is 0 Å². The third kappa shape index (κ3) is 10.7. The predicted octanol–water partition coefficient (Wildman–Crippen LogP) is 7.09. The molecule has 4 aromatic heterocycles. The Morgan fingerprint density at radius 2 is 1.08 bits per heavy atom. The molecule has 0 saturated carbocycles. The first-order valence-electron chi connectivity index (χ1n) is 17.3. The van der Waals surface area contributed by atoms with Gasteiger partial charge in [0.05, 0.1) is 33.5 Å². The zero-order valence-electron chi connectivity index (χ0n) is 30.9. The first-order valence-corrected chi connectivity index (χ1v) is 17.3. The van der Waals surface area contributed by atoms with E-state index < -0.39 is 23.8 Å². The van der Waals surface area contributed by atoms with E-state index in [0.29, 0.717) is 49.4 Å². The summed E-state index contributed by atoms with van der Waals surface area (Å²) >= 11 is 0. The molecule has 0 saturated heterocycles. The Labute approximate surface area is 329 Å². The molecule has 306 valence electrons. The van der Waals surface area contributed by atoms with Crippen molar-refractivity contribution in [3.05, 3.63) is 152 Å². The molecule has 0 unspecified atom stereocenters. The quantitative estimate of drug-likeness (QED) is 0.0897. The third-order valence-electron chi connectivity index (χ3n) is 8.34. The van der Waals surface area contributed by atoms with Gasteiger partial charge in [-0.2, -0.15) is 0 Å². The normalized spacial score (nSPS) is 11.5. The SMILES string of the molecule is Cc1ncnc2c1c(NCc1cccc(OC(F)(F)F)c1)cc(=O)n2O.Cc1ncnc2c1c(NCc1cccc(OC(F)(F)F)c1)cc(=O)n2OCc1ccccc1. The molecule has 0 bridgehead atoms. The van der Waals surface area contributed by atoms with Crippen LogP contribution >= 0.6 is 0 Å². The molecular weight excluding hydrogens is 790 g/mol. The van der Waals surface area contributed by atoms with Crippen molar-refractivity contribution >= 4 is 33.4 Å². The molecule has 0 aliphatic carbocycles. The Balaban J connectivity index is 0.000000204. The van der Waals surface area contributed by atoms with Gasteiger partial charge in [0.25, 0.3) is 11.1 Å². The topological polar surface area (TPSA) is 168 Å². The number of halogens is 6. The van der Waals surface area contributed by atoms with Crippen LogP contribution in [0.15, 0.2) is 113 Å². The summed E-state index contributed by atoms with van der Waals surface area (Å²) in [6.07, 6.45) is -7.00. The molecule has 0 amide bonds. The number of pyridine rings is 2. The van der Waals surface area contributed by atoms with Crippen molar-refractivity contribution in [1.82, 2.24) is 29.4 Å². The summed E-state index contributed by atoms with van der Waals surface area (Å²) in [4.78, 5) is 46.7. The molecule has 7 rings (SSSR count). The highest BCUT2D eigenvalue weighted by Gasteiger charge is 2.32.